The van der Waals surface area contributed by atoms with Gasteiger partial charge in [-0.3, -0.25) is 9.79 Å². The van der Waals surface area contributed by atoms with Crippen LogP contribution in [0.1, 0.15) is 0 Å². The number of nitrogens with zero attached hydrogens (tertiary/aromatic N) is 1. The van der Waals surface area contributed by atoms with Crippen molar-refractivity contribution in [2.24, 2.45) is 4.99 Å². The zero-order valence-corrected chi connectivity index (χ0v) is 7.18. The topological polar surface area (TPSA) is 81.9 Å². The van der Waals surface area contributed by atoms with Crippen molar-refractivity contribution < 1.29 is 15.0 Å². The van der Waals surface area contributed by atoms with Gasteiger partial charge in [-0.15, -0.1) is 0 Å². The highest BCUT2D eigenvalue weighted by atomic mass is 32.2. The zero-order chi connectivity index (χ0) is 9.14. The molecule has 6 heteroatoms. The second-order valence-electron chi connectivity index (χ2n) is 2.08. The van der Waals surface area contributed by atoms with Gasteiger partial charge in [0, 0.05) is 0 Å². The Kier molecular flexibility index (Phi) is 2.59. The summed E-state index contributed by atoms with van der Waals surface area (Å²) < 4.78 is 0. The van der Waals surface area contributed by atoms with Gasteiger partial charge in [0.1, 0.15) is 5.57 Å². The molecule has 5 nitrogen and oxygen atoms in total. The Morgan fingerprint density at radius 1 is 1.67 bits per heavy atom. The van der Waals surface area contributed by atoms with Crippen molar-refractivity contribution in [3.05, 3.63) is 11.5 Å². The third-order valence-electron chi connectivity index (χ3n) is 1.34. The molecule has 1 aliphatic rings. The molecule has 0 saturated carbocycles. The molecule has 66 valence electrons. The van der Waals surface area contributed by atoms with E-state index in [0.717, 1.165) is 0 Å². The van der Waals surface area contributed by atoms with Gasteiger partial charge in [0.2, 0.25) is 0 Å². The second kappa shape index (κ2) is 3.48. The molecule has 0 unspecified atom stereocenters. The van der Waals surface area contributed by atoms with Crippen LogP contribution >= 0.6 is 11.8 Å². The predicted octanol–water partition coefficient (Wildman–Crippen LogP) is 0.163. The standard InChI is InChI=1S/C6H8N2O3S/c1-12-6-7-2-3(5(10)11)4(9)8-6/h10-11H,2H2,1H3,(H,7,8,9). The lowest BCUT2D eigenvalue weighted by molar-refractivity contribution is -0.116. The van der Waals surface area contributed by atoms with Crippen LogP contribution in [0.2, 0.25) is 0 Å². The third-order valence-corrected chi connectivity index (χ3v) is 1.96. The van der Waals surface area contributed by atoms with Crippen molar-refractivity contribution in [3.63, 3.8) is 0 Å². The summed E-state index contributed by atoms with van der Waals surface area (Å²) in [6.07, 6.45) is 1.77. The monoisotopic (exact) mass is 188 g/mol. The number of aliphatic hydroxyl groups is 2. The van der Waals surface area contributed by atoms with Crippen LogP contribution in [0.25, 0.3) is 0 Å². The molecule has 1 aliphatic heterocycles. The molecule has 1 heterocycles. The molecule has 1 rings (SSSR count). The maximum Gasteiger partial charge on any atom is 0.285 e. The number of hydrogen-bond donors (Lipinski definition) is 3. The van der Waals surface area contributed by atoms with Gasteiger partial charge in [-0.1, -0.05) is 11.8 Å². The van der Waals surface area contributed by atoms with Crippen molar-refractivity contribution >= 4 is 22.8 Å². The number of nitrogens with one attached hydrogen (secondary N) is 1. The number of hydrogen-bond acceptors (Lipinski definition) is 5. The summed E-state index contributed by atoms with van der Waals surface area (Å²) in [7, 11) is 0. The molecule has 12 heavy (non-hydrogen) atoms. The minimum atomic E-state index is -0.962. The summed E-state index contributed by atoms with van der Waals surface area (Å²) in [6, 6.07) is 0. The van der Waals surface area contributed by atoms with E-state index in [9.17, 15) is 4.79 Å². The van der Waals surface area contributed by atoms with Crippen LogP contribution in [0.4, 0.5) is 0 Å². The Hall–Kier alpha value is -1.17. The van der Waals surface area contributed by atoms with E-state index in [4.69, 9.17) is 10.2 Å². The molecule has 0 aliphatic carbocycles. The molecule has 3 N–H and O–H groups in total. The quantitative estimate of drug-likeness (QED) is 0.373. The average molecular weight is 188 g/mol. The van der Waals surface area contributed by atoms with Crippen molar-refractivity contribution in [2.75, 3.05) is 12.8 Å². The first kappa shape index (κ1) is 8.92. The largest absolute Gasteiger partial charge is 0.481 e. The van der Waals surface area contributed by atoms with Crippen molar-refractivity contribution in [3.8, 4) is 0 Å². The summed E-state index contributed by atoms with van der Waals surface area (Å²) in [5, 5.41) is 20.1. The molecular weight excluding hydrogens is 180 g/mol. The molecule has 0 radical (unpaired) electrons. The minimum absolute atomic E-state index is 0.0182. The number of carbonyl (C=O) groups is 1. The fraction of sp³-hybridized carbons (Fsp3) is 0.333. The number of aliphatic hydroxyl groups excluding tert-OH is 1. The van der Waals surface area contributed by atoms with E-state index in [0.29, 0.717) is 5.17 Å². The van der Waals surface area contributed by atoms with E-state index in [-0.39, 0.29) is 12.1 Å². The van der Waals surface area contributed by atoms with Crippen LogP contribution in [0.5, 0.6) is 0 Å². The van der Waals surface area contributed by atoms with Crippen LogP contribution < -0.4 is 5.32 Å². The lowest BCUT2D eigenvalue weighted by Crippen LogP contribution is -2.35. The van der Waals surface area contributed by atoms with Crippen molar-refractivity contribution in [2.45, 2.75) is 0 Å². The fourth-order valence-electron chi connectivity index (χ4n) is 0.723. The van der Waals surface area contributed by atoms with Gasteiger partial charge in [-0.2, -0.15) is 0 Å². The van der Waals surface area contributed by atoms with E-state index in [1.807, 2.05) is 0 Å². The maximum atomic E-state index is 11.0. The zero-order valence-electron chi connectivity index (χ0n) is 6.37. The van der Waals surface area contributed by atoms with Gasteiger partial charge < -0.3 is 15.5 Å². The second-order valence-corrected chi connectivity index (χ2v) is 2.88. The van der Waals surface area contributed by atoms with E-state index in [1.165, 1.54) is 11.8 Å². The number of aliphatic imine (C=N–C) groups is 1. The van der Waals surface area contributed by atoms with Crippen molar-refractivity contribution in [1.29, 1.82) is 0 Å². The van der Waals surface area contributed by atoms with Gasteiger partial charge in [-0.25, -0.2) is 0 Å². The van der Waals surface area contributed by atoms with Crippen LogP contribution in [0, 0.1) is 0 Å². The first-order chi connectivity index (χ1) is 5.65. The first-order valence-corrected chi connectivity index (χ1v) is 4.38. The summed E-state index contributed by atoms with van der Waals surface area (Å²) in [6.45, 7) is 0.0182. The maximum absolute atomic E-state index is 11.0. The summed E-state index contributed by atoms with van der Waals surface area (Å²) in [5.41, 5.74) is -0.104. The lowest BCUT2D eigenvalue weighted by atomic mass is 10.2. The summed E-state index contributed by atoms with van der Waals surface area (Å²) >= 11 is 1.30. The Morgan fingerprint density at radius 3 is 2.75 bits per heavy atom. The van der Waals surface area contributed by atoms with Gasteiger partial charge in [0.25, 0.3) is 11.9 Å². The van der Waals surface area contributed by atoms with E-state index < -0.39 is 11.9 Å². The van der Waals surface area contributed by atoms with Gasteiger partial charge >= 0.3 is 0 Å². The van der Waals surface area contributed by atoms with Crippen LogP contribution in [0.15, 0.2) is 16.5 Å². The highest BCUT2D eigenvalue weighted by molar-refractivity contribution is 8.13. The van der Waals surface area contributed by atoms with E-state index >= 15 is 0 Å². The number of carbonyl (C=O) groups excluding carboxylic acids is 1. The molecule has 0 aromatic carbocycles. The van der Waals surface area contributed by atoms with Crippen molar-refractivity contribution in [1.82, 2.24) is 5.32 Å². The van der Waals surface area contributed by atoms with E-state index in [1.54, 1.807) is 6.26 Å². The van der Waals surface area contributed by atoms with Crippen LogP contribution in [-0.2, 0) is 4.79 Å². The van der Waals surface area contributed by atoms with Gasteiger partial charge in [0.05, 0.1) is 6.54 Å². The Bertz CT molecular complexity index is 268. The molecule has 0 bridgehead atoms. The molecular formula is C6H8N2O3S. The molecule has 1 amide bonds. The van der Waals surface area contributed by atoms with Crippen LogP contribution in [0.3, 0.4) is 0 Å². The molecule has 0 saturated heterocycles. The normalized spacial score (nSPS) is 16.9. The fourth-order valence-corrected chi connectivity index (χ4v) is 1.11. The molecule has 0 spiro atoms. The number of thioether (sulfide) groups is 1. The highest BCUT2D eigenvalue weighted by Gasteiger charge is 2.20. The average Bonchev–Trinajstić information content (AvgIpc) is 2.03. The SMILES string of the molecule is CSC1=NCC(=C(O)O)C(=O)N1. The van der Waals surface area contributed by atoms with Crippen LogP contribution in [-0.4, -0.2) is 34.1 Å². The number of amides is 1. The third kappa shape index (κ3) is 1.70. The molecule has 0 fully saturated rings. The lowest BCUT2D eigenvalue weighted by Gasteiger charge is -2.13. The van der Waals surface area contributed by atoms with Gasteiger partial charge in [0.15, 0.2) is 5.17 Å². The Morgan fingerprint density at radius 2 is 2.33 bits per heavy atom. The predicted molar refractivity (Wildman–Crippen MR) is 46.2 cm³/mol. The minimum Gasteiger partial charge on any atom is -0.481 e. The Balaban J connectivity index is 2.85. The summed E-state index contributed by atoms with van der Waals surface area (Å²) in [4.78, 5) is 14.9. The molecule has 0 atom stereocenters. The number of amidine groups is 1. The van der Waals surface area contributed by atoms with Gasteiger partial charge in [-0.05, 0) is 6.26 Å². The van der Waals surface area contributed by atoms with E-state index in [2.05, 4.69) is 10.3 Å². The number of rotatable bonds is 0. The first-order valence-electron chi connectivity index (χ1n) is 3.16. The molecule has 0 aromatic rings. The summed E-state index contributed by atoms with van der Waals surface area (Å²) in [5.74, 6) is -1.47. The Labute approximate surface area is 73.2 Å². The highest BCUT2D eigenvalue weighted by Crippen LogP contribution is 2.08. The molecule has 0 aromatic heterocycles. The smallest absolute Gasteiger partial charge is 0.285 e.